The smallest absolute Gasteiger partial charge is 0.337 e. The van der Waals surface area contributed by atoms with Crippen LogP contribution in [-0.4, -0.2) is 33.4 Å². The number of alkyl halides is 3. The number of aromatic nitrogens is 2. The van der Waals surface area contributed by atoms with Gasteiger partial charge < -0.3 is 9.47 Å². The van der Waals surface area contributed by atoms with E-state index in [2.05, 4.69) is 4.98 Å². The van der Waals surface area contributed by atoms with Crippen LogP contribution in [0.2, 0.25) is 0 Å². The Morgan fingerprint density at radius 2 is 1.88 bits per heavy atom. The van der Waals surface area contributed by atoms with E-state index in [9.17, 15) is 18.0 Å². The van der Waals surface area contributed by atoms with Crippen molar-refractivity contribution in [3.8, 4) is 0 Å². The van der Waals surface area contributed by atoms with E-state index >= 15 is 0 Å². The molecular weight excluding hydrogens is 319 g/mol. The lowest BCUT2D eigenvalue weighted by atomic mass is 9.86. The molecule has 1 aliphatic heterocycles. The molecule has 2 heterocycles. The van der Waals surface area contributed by atoms with Crippen molar-refractivity contribution >= 4 is 5.91 Å². The number of hydrogen-bond donors (Lipinski definition) is 0. The van der Waals surface area contributed by atoms with Gasteiger partial charge in [-0.1, -0.05) is 18.2 Å². The van der Waals surface area contributed by atoms with Gasteiger partial charge in [0.25, 0.3) is 5.91 Å². The molecule has 3 rings (SSSR count). The molecule has 4 nitrogen and oxygen atoms in total. The number of carbonyl (C=O) groups excluding carboxylic acids is 1. The van der Waals surface area contributed by atoms with E-state index in [1.54, 1.807) is 35.0 Å². The fourth-order valence-corrected chi connectivity index (χ4v) is 3.23. The minimum absolute atomic E-state index is 0.127. The van der Waals surface area contributed by atoms with Crippen molar-refractivity contribution in [3.63, 3.8) is 0 Å². The molecule has 0 saturated carbocycles. The normalized spacial score (nSPS) is 16.4. The Balaban J connectivity index is 1.72. The van der Waals surface area contributed by atoms with Gasteiger partial charge in [-0.25, -0.2) is 4.98 Å². The zero-order chi connectivity index (χ0) is 17.3. The molecule has 0 atom stereocenters. The van der Waals surface area contributed by atoms with Gasteiger partial charge in [0.1, 0.15) is 5.69 Å². The van der Waals surface area contributed by atoms with Crippen molar-refractivity contribution in [1.82, 2.24) is 14.5 Å². The number of carbonyl (C=O) groups is 1. The third-order valence-corrected chi connectivity index (χ3v) is 4.52. The van der Waals surface area contributed by atoms with Crippen molar-refractivity contribution < 1.29 is 18.0 Å². The van der Waals surface area contributed by atoms with Gasteiger partial charge in [0, 0.05) is 20.1 Å². The quantitative estimate of drug-likeness (QED) is 0.842. The van der Waals surface area contributed by atoms with Gasteiger partial charge in [-0.2, -0.15) is 13.2 Å². The fraction of sp³-hybridized carbons (Fsp3) is 0.412. The Morgan fingerprint density at radius 3 is 2.46 bits per heavy atom. The zero-order valence-electron chi connectivity index (χ0n) is 13.3. The summed E-state index contributed by atoms with van der Waals surface area (Å²) in [7, 11) is 1.74. The fourth-order valence-electron chi connectivity index (χ4n) is 3.23. The molecule has 1 fully saturated rings. The second-order valence-electron chi connectivity index (χ2n) is 6.04. The lowest BCUT2D eigenvalue weighted by molar-refractivity contribution is -0.138. The molecule has 1 saturated heterocycles. The first-order valence-corrected chi connectivity index (χ1v) is 7.79. The van der Waals surface area contributed by atoms with E-state index in [-0.39, 0.29) is 11.8 Å². The molecule has 0 aliphatic carbocycles. The van der Waals surface area contributed by atoms with Crippen LogP contribution in [0.4, 0.5) is 13.2 Å². The predicted molar refractivity (Wildman–Crippen MR) is 82.5 cm³/mol. The number of rotatable bonds is 2. The van der Waals surface area contributed by atoms with Crippen molar-refractivity contribution in [2.75, 3.05) is 13.1 Å². The van der Waals surface area contributed by atoms with Crippen LogP contribution in [-0.2, 0) is 13.2 Å². The largest absolute Gasteiger partial charge is 0.416 e. The molecule has 0 bridgehead atoms. The summed E-state index contributed by atoms with van der Waals surface area (Å²) in [6.45, 7) is 0.891. The topological polar surface area (TPSA) is 38.1 Å². The van der Waals surface area contributed by atoms with Crippen molar-refractivity contribution in [3.05, 3.63) is 53.6 Å². The van der Waals surface area contributed by atoms with Gasteiger partial charge in [0.15, 0.2) is 0 Å². The standard InChI is InChI=1S/C17H18F3N3O/c1-22-11-21-10-15(22)16(24)23-8-6-12(7-9-23)13-4-2-3-5-14(13)17(18,19)20/h2-5,10-12H,6-9H2,1H3. The highest BCUT2D eigenvalue weighted by molar-refractivity contribution is 5.92. The molecule has 0 N–H and O–H groups in total. The summed E-state index contributed by atoms with van der Waals surface area (Å²) in [6, 6.07) is 5.72. The van der Waals surface area contributed by atoms with Crippen LogP contribution in [0.1, 0.15) is 40.4 Å². The molecule has 1 aromatic carbocycles. The first-order chi connectivity index (χ1) is 11.4. The molecule has 1 amide bonds. The molecule has 0 unspecified atom stereocenters. The van der Waals surface area contributed by atoms with E-state index in [1.165, 1.54) is 12.3 Å². The molecule has 2 aromatic rings. The summed E-state index contributed by atoms with van der Waals surface area (Å²) >= 11 is 0. The first-order valence-electron chi connectivity index (χ1n) is 7.79. The summed E-state index contributed by atoms with van der Waals surface area (Å²) in [4.78, 5) is 18.0. The molecule has 0 radical (unpaired) electrons. The number of benzene rings is 1. The van der Waals surface area contributed by atoms with E-state index in [4.69, 9.17) is 0 Å². The van der Waals surface area contributed by atoms with E-state index in [1.807, 2.05) is 0 Å². The molecular formula is C17H18F3N3O. The Hall–Kier alpha value is -2.31. The highest BCUT2D eigenvalue weighted by atomic mass is 19.4. The van der Waals surface area contributed by atoms with Crippen LogP contribution in [0.5, 0.6) is 0 Å². The van der Waals surface area contributed by atoms with Crippen molar-refractivity contribution in [1.29, 1.82) is 0 Å². The molecule has 1 aromatic heterocycles. The Labute approximate surface area is 137 Å². The van der Waals surface area contributed by atoms with E-state index in [0.29, 0.717) is 37.2 Å². The monoisotopic (exact) mass is 337 g/mol. The average Bonchev–Trinajstić information content (AvgIpc) is 2.99. The summed E-state index contributed by atoms with van der Waals surface area (Å²) in [6.07, 6.45) is -0.238. The van der Waals surface area contributed by atoms with Gasteiger partial charge >= 0.3 is 6.18 Å². The molecule has 1 aliphatic rings. The molecule has 0 spiro atoms. The number of amides is 1. The van der Waals surface area contributed by atoms with Crippen LogP contribution < -0.4 is 0 Å². The summed E-state index contributed by atoms with van der Waals surface area (Å²) in [5.74, 6) is -0.309. The number of aryl methyl sites for hydroxylation is 1. The summed E-state index contributed by atoms with van der Waals surface area (Å²) in [5.41, 5.74) is 0.253. The maximum atomic E-state index is 13.2. The van der Waals surface area contributed by atoms with Crippen LogP contribution in [0.15, 0.2) is 36.8 Å². The lowest BCUT2D eigenvalue weighted by Gasteiger charge is -2.33. The van der Waals surface area contributed by atoms with Crippen LogP contribution >= 0.6 is 0 Å². The van der Waals surface area contributed by atoms with E-state index in [0.717, 1.165) is 6.07 Å². The summed E-state index contributed by atoms with van der Waals surface area (Å²) in [5, 5.41) is 0. The second-order valence-corrected chi connectivity index (χ2v) is 6.04. The van der Waals surface area contributed by atoms with Gasteiger partial charge in [-0.3, -0.25) is 4.79 Å². The van der Waals surface area contributed by atoms with Gasteiger partial charge in [0.2, 0.25) is 0 Å². The van der Waals surface area contributed by atoms with Crippen LogP contribution in [0.25, 0.3) is 0 Å². The first kappa shape index (κ1) is 16.5. The lowest BCUT2D eigenvalue weighted by Crippen LogP contribution is -2.39. The number of halogens is 3. The summed E-state index contributed by atoms with van der Waals surface area (Å²) < 4.78 is 41.1. The Bertz CT molecular complexity index is 731. The second kappa shape index (κ2) is 6.30. The van der Waals surface area contributed by atoms with Gasteiger partial charge in [-0.05, 0) is 30.4 Å². The molecule has 7 heteroatoms. The third kappa shape index (κ3) is 3.16. The number of likely N-dealkylation sites (tertiary alicyclic amines) is 1. The Kier molecular flexibility index (Phi) is 4.34. The minimum Gasteiger partial charge on any atom is -0.337 e. The Morgan fingerprint density at radius 1 is 1.21 bits per heavy atom. The van der Waals surface area contributed by atoms with E-state index < -0.39 is 11.7 Å². The number of nitrogens with zero attached hydrogens (tertiary/aromatic N) is 3. The third-order valence-electron chi connectivity index (χ3n) is 4.52. The van der Waals surface area contributed by atoms with Gasteiger partial charge in [-0.15, -0.1) is 0 Å². The van der Waals surface area contributed by atoms with Crippen LogP contribution in [0.3, 0.4) is 0 Å². The van der Waals surface area contributed by atoms with Crippen LogP contribution in [0, 0.1) is 0 Å². The maximum Gasteiger partial charge on any atom is 0.416 e. The molecule has 128 valence electrons. The highest BCUT2D eigenvalue weighted by Gasteiger charge is 2.36. The SMILES string of the molecule is Cn1cncc1C(=O)N1CCC(c2ccccc2C(F)(F)F)CC1. The number of hydrogen-bond acceptors (Lipinski definition) is 2. The van der Waals surface area contributed by atoms with Crippen molar-refractivity contribution in [2.45, 2.75) is 24.9 Å². The predicted octanol–water partition coefficient (Wildman–Crippen LogP) is 3.46. The maximum absolute atomic E-state index is 13.2. The number of piperidine rings is 1. The number of imidazole rings is 1. The zero-order valence-corrected chi connectivity index (χ0v) is 13.3. The minimum atomic E-state index is -4.35. The van der Waals surface area contributed by atoms with Gasteiger partial charge in [0.05, 0.1) is 18.1 Å². The molecule has 24 heavy (non-hydrogen) atoms. The average molecular weight is 337 g/mol. The van der Waals surface area contributed by atoms with Crippen molar-refractivity contribution in [2.24, 2.45) is 7.05 Å². The highest BCUT2D eigenvalue weighted by Crippen LogP contribution is 2.38.